The molecule has 7 heteroatoms. The predicted octanol–water partition coefficient (Wildman–Crippen LogP) is 2.36. The molecule has 0 fully saturated rings. The zero-order valence-electron chi connectivity index (χ0n) is 15.2. The van der Waals surface area contributed by atoms with Gasteiger partial charge < -0.3 is 4.84 Å². The summed E-state index contributed by atoms with van der Waals surface area (Å²) in [6.45, 7) is 5.91. The van der Waals surface area contributed by atoms with E-state index in [1.807, 2.05) is 57.2 Å². The summed E-state index contributed by atoms with van der Waals surface area (Å²) in [6.07, 6.45) is 0. The molecule has 1 heterocycles. The van der Waals surface area contributed by atoms with Gasteiger partial charge in [0.05, 0.1) is 5.69 Å². The van der Waals surface area contributed by atoms with Crippen LogP contribution < -0.4 is 11.6 Å². The first-order chi connectivity index (χ1) is 12.5. The lowest BCUT2D eigenvalue weighted by atomic mass is 9.95. The third-order valence-corrected chi connectivity index (χ3v) is 4.44. The number of nitrogens with two attached hydrogens (primary N) is 1. The minimum Gasteiger partial charge on any atom is -0.410 e. The van der Waals surface area contributed by atoms with Crippen LogP contribution in [-0.4, -0.2) is 19.8 Å². The molecule has 0 unspecified atom stereocenters. The van der Waals surface area contributed by atoms with Crippen molar-refractivity contribution in [3.63, 3.8) is 0 Å². The van der Waals surface area contributed by atoms with Crippen molar-refractivity contribution in [3.8, 4) is 5.69 Å². The molecule has 26 heavy (non-hydrogen) atoms. The maximum absolute atomic E-state index is 12.4. The van der Waals surface area contributed by atoms with Crippen LogP contribution in [0.2, 0.25) is 0 Å². The van der Waals surface area contributed by atoms with Crippen LogP contribution in [0.4, 0.5) is 0 Å². The van der Waals surface area contributed by atoms with Gasteiger partial charge in [0.25, 0.3) is 0 Å². The molecule has 0 spiro atoms. The van der Waals surface area contributed by atoms with E-state index in [2.05, 4.69) is 10.4 Å². The number of aryl methyl sites for hydroxylation is 3. The van der Waals surface area contributed by atoms with Crippen LogP contribution in [0.5, 0.6) is 0 Å². The third kappa shape index (κ3) is 2.93. The summed E-state index contributed by atoms with van der Waals surface area (Å²) in [5, 5.41) is 7.75. The normalized spacial score (nSPS) is 12.0. The molecule has 134 valence electrons. The number of tetrazole rings is 1. The van der Waals surface area contributed by atoms with Gasteiger partial charge in [0.2, 0.25) is 0 Å². The zero-order chi connectivity index (χ0) is 18.8. The number of rotatable bonds is 4. The number of hydrogen-bond acceptors (Lipinski definition) is 5. The van der Waals surface area contributed by atoms with E-state index in [0.29, 0.717) is 17.0 Å². The van der Waals surface area contributed by atoms with Gasteiger partial charge in [0, 0.05) is 18.2 Å². The Morgan fingerprint density at radius 3 is 2.35 bits per heavy atom. The highest BCUT2D eigenvalue weighted by Crippen LogP contribution is 2.32. The van der Waals surface area contributed by atoms with E-state index in [-0.39, 0.29) is 5.69 Å². The number of benzene rings is 2. The summed E-state index contributed by atoms with van der Waals surface area (Å²) in [5.41, 5.74) is 4.84. The summed E-state index contributed by atoms with van der Waals surface area (Å²) in [5.74, 6) is 6.16. The van der Waals surface area contributed by atoms with Crippen LogP contribution >= 0.6 is 0 Å². The van der Waals surface area contributed by atoms with Crippen LogP contribution in [0.1, 0.15) is 29.2 Å². The van der Waals surface area contributed by atoms with E-state index < -0.39 is 0 Å². The van der Waals surface area contributed by atoms with Crippen molar-refractivity contribution in [2.24, 2.45) is 12.9 Å². The summed E-state index contributed by atoms with van der Waals surface area (Å²) in [6, 6.07) is 13.6. The standard InChI is InChI=1S/C19H21N5O2/c1-12-8-5-6-10-15(12)14(3)18(26-20)17-13(2)9-7-11-16(17)24-19(25)23(4)21-22-24/h5-11H,20H2,1-4H3/b18-14+. The predicted molar refractivity (Wildman–Crippen MR) is 100 cm³/mol. The maximum Gasteiger partial charge on any atom is 0.368 e. The average Bonchev–Trinajstić information content (AvgIpc) is 2.96. The van der Waals surface area contributed by atoms with Crippen molar-refractivity contribution in [3.05, 3.63) is 75.2 Å². The van der Waals surface area contributed by atoms with Crippen LogP contribution in [0.15, 0.2) is 47.3 Å². The van der Waals surface area contributed by atoms with Gasteiger partial charge in [-0.05, 0) is 54.0 Å². The molecule has 3 aromatic rings. The second kappa shape index (κ2) is 6.97. The van der Waals surface area contributed by atoms with Crippen molar-refractivity contribution in [2.75, 3.05) is 0 Å². The number of allylic oxidation sites excluding steroid dienone is 1. The summed E-state index contributed by atoms with van der Waals surface area (Å²) in [7, 11) is 1.55. The fraction of sp³-hybridized carbons (Fsp3) is 0.211. The highest BCUT2D eigenvalue weighted by atomic mass is 16.6. The first-order valence-electron chi connectivity index (χ1n) is 8.18. The zero-order valence-corrected chi connectivity index (χ0v) is 15.2. The second-order valence-corrected chi connectivity index (χ2v) is 6.15. The third-order valence-electron chi connectivity index (χ3n) is 4.44. The van der Waals surface area contributed by atoms with Crippen LogP contribution in [-0.2, 0) is 11.9 Å². The molecule has 0 amide bonds. The largest absolute Gasteiger partial charge is 0.410 e. The maximum atomic E-state index is 12.4. The van der Waals surface area contributed by atoms with Crippen molar-refractivity contribution in [1.82, 2.24) is 19.8 Å². The number of aromatic nitrogens is 4. The first kappa shape index (κ1) is 17.6. The van der Waals surface area contributed by atoms with E-state index in [1.54, 1.807) is 13.1 Å². The van der Waals surface area contributed by atoms with Gasteiger partial charge in [-0.2, -0.15) is 15.3 Å². The van der Waals surface area contributed by atoms with Crippen molar-refractivity contribution < 1.29 is 4.84 Å². The summed E-state index contributed by atoms with van der Waals surface area (Å²) in [4.78, 5) is 17.7. The van der Waals surface area contributed by atoms with Gasteiger partial charge in [-0.15, -0.1) is 0 Å². The molecule has 0 aliphatic heterocycles. The number of nitrogens with zero attached hydrogens (tertiary/aromatic N) is 4. The molecule has 0 radical (unpaired) electrons. The molecule has 0 saturated carbocycles. The van der Waals surface area contributed by atoms with E-state index in [4.69, 9.17) is 10.7 Å². The van der Waals surface area contributed by atoms with Gasteiger partial charge in [-0.1, -0.05) is 36.4 Å². The average molecular weight is 351 g/mol. The van der Waals surface area contributed by atoms with Gasteiger partial charge in [0.15, 0.2) is 5.76 Å². The molecule has 0 atom stereocenters. The molecular formula is C19H21N5O2. The Bertz CT molecular complexity index is 1050. The van der Waals surface area contributed by atoms with Crippen molar-refractivity contribution in [2.45, 2.75) is 20.8 Å². The second-order valence-electron chi connectivity index (χ2n) is 6.15. The summed E-state index contributed by atoms with van der Waals surface area (Å²) < 4.78 is 2.42. The molecule has 0 saturated heterocycles. The Labute approximate surface area is 151 Å². The lowest BCUT2D eigenvalue weighted by molar-refractivity contribution is 0.291. The van der Waals surface area contributed by atoms with Gasteiger partial charge in [0.1, 0.15) is 0 Å². The highest BCUT2D eigenvalue weighted by Gasteiger charge is 2.20. The highest BCUT2D eigenvalue weighted by molar-refractivity contribution is 5.90. The first-order valence-corrected chi connectivity index (χ1v) is 8.18. The molecule has 0 bridgehead atoms. The minimum absolute atomic E-state index is 0.346. The van der Waals surface area contributed by atoms with E-state index in [1.165, 1.54) is 9.36 Å². The van der Waals surface area contributed by atoms with Crippen LogP contribution in [0, 0.1) is 13.8 Å². The number of hydrogen-bond donors (Lipinski definition) is 1. The Kier molecular flexibility index (Phi) is 4.73. The Balaban J connectivity index is 2.32. The van der Waals surface area contributed by atoms with Gasteiger partial charge in [-0.3, -0.25) is 0 Å². The topological polar surface area (TPSA) is 88.0 Å². The monoisotopic (exact) mass is 351 g/mol. The SMILES string of the molecule is C/C(=C(\ON)c1c(C)cccc1-n1nnn(C)c1=O)c1ccccc1C. The fourth-order valence-electron chi connectivity index (χ4n) is 3.04. The molecule has 2 N–H and O–H groups in total. The molecule has 2 aromatic carbocycles. The lowest BCUT2D eigenvalue weighted by Crippen LogP contribution is -2.23. The summed E-state index contributed by atoms with van der Waals surface area (Å²) >= 11 is 0. The molecular weight excluding hydrogens is 330 g/mol. The Morgan fingerprint density at radius 1 is 1.04 bits per heavy atom. The fourth-order valence-corrected chi connectivity index (χ4v) is 3.04. The molecule has 1 aromatic heterocycles. The smallest absolute Gasteiger partial charge is 0.368 e. The van der Waals surface area contributed by atoms with E-state index in [9.17, 15) is 4.79 Å². The van der Waals surface area contributed by atoms with Gasteiger partial charge >= 0.3 is 5.69 Å². The molecule has 0 aliphatic rings. The van der Waals surface area contributed by atoms with Crippen LogP contribution in [0.25, 0.3) is 17.0 Å². The Morgan fingerprint density at radius 2 is 1.73 bits per heavy atom. The molecule has 7 nitrogen and oxygen atoms in total. The van der Waals surface area contributed by atoms with E-state index >= 15 is 0 Å². The lowest BCUT2D eigenvalue weighted by Gasteiger charge is -2.17. The van der Waals surface area contributed by atoms with Gasteiger partial charge in [-0.25, -0.2) is 4.79 Å². The van der Waals surface area contributed by atoms with Crippen molar-refractivity contribution >= 4 is 11.3 Å². The van der Waals surface area contributed by atoms with E-state index in [0.717, 1.165) is 22.3 Å². The van der Waals surface area contributed by atoms with Crippen LogP contribution in [0.3, 0.4) is 0 Å². The minimum atomic E-state index is -0.346. The quantitative estimate of drug-likeness (QED) is 0.443. The molecule has 3 rings (SSSR count). The van der Waals surface area contributed by atoms with Crippen molar-refractivity contribution in [1.29, 1.82) is 0 Å². The molecule has 0 aliphatic carbocycles. The Hall–Kier alpha value is -3.19.